The quantitative estimate of drug-likeness (QED) is 0.536. The monoisotopic (exact) mass is 384 g/mol. The Labute approximate surface area is 168 Å². The van der Waals surface area contributed by atoms with Gasteiger partial charge in [0.25, 0.3) is 5.91 Å². The normalized spacial score (nSPS) is 12.4. The molecule has 2 aromatic carbocycles. The van der Waals surface area contributed by atoms with Gasteiger partial charge in [-0.1, -0.05) is 24.3 Å². The van der Waals surface area contributed by atoms with Crippen LogP contribution in [-0.4, -0.2) is 15.9 Å². The lowest BCUT2D eigenvalue weighted by atomic mass is 10.1. The van der Waals surface area contributed by atoms with Gasteiger partial charge in [-0.3, -0.25) is 4.79 Å². The minimum atomic E-state index is -0.157. The van der Waals surface area contributed by atoms with Gasteiger partial charge in [0, 0.05) is 41.1 Å². The van der Waals surface area contributed by atoms with Crippen molar-refractivity contribution in [3.63, 3.8) is 0 Å². The van der Waals surface area contributed by atoms with Crippen molar-refractivity contribution in [2.24, 2.45) is 0 Å². The van der Waals surface area contributed by atoms with Crippen molar-refractivity contribution in [1.29, 1.82) is 0 Å². The number of anilines is 3. The predicted molar refractivity (Wildman–Crippen MR) is 114 cm³/mol. The van der Waals surface area contributed by atoms with Crippen molar-refractivity contribution in [3.8, 4) is 0 Å². The molecule has 4 N–H and O–H groups in total. The van der Waals surface area contributed by atoms with Crippen LogP contribution in [0.5, 0.6) is 0 Å². The second-order valence-corrected chi connectivity index (χ2v) is 6.46. The molecule has 29 heavy (non-hydrogen) atoms. The maximum atomic E-state index is 12.4. The number of aryl methyl sites for hydroxylation is 1. The van der Waals surface area contributed by atoms with Crippen LogP contribution in [0.15, 0.2) is 79.3 Å². The van der Waals surface area contributed by atoms with E-state index in [-0.39, 0.29) is 5.91 Å². The van der Waals surface area contributed by atoms with E-state index in [0.29, 0.717) is 17.2 Å². The molecule has 0 unspecified atom stereocenters. The van der Waals surface area contributed by atoms with E-state index < -0.39 is 0 Å². The number of amides is 1. The summed E-state index contributed by atoms with van der Waals surface area (Å²) in [6, 6.07) is 16.6. The van der Waals surface area contributed by atoms with Gasteiger partial charge >= 0.3 is 0 Å². The number of benzene rings is 2. The van der Waals surface area contributed by atoms with Gasteiger partial charge in [0.05, 0.1) is 5.69 Å². The van der Waals surface area contributed by atoms with E-state index in [1.807, 2.05) is 61.7 Å². The molecule has 7 heteroatoms. The summed E-state index contributed by atoms with van der Waals surface area (Å²) >= 11 is 0. The van der Waals surface area contributed by atoms with Gasteiger partial charge in [-0.05, 0) is 48.9 Å². The van der Waals surface area contributed by atoms with Crippen LogP contribution in [0.1, 0.15) is 21.6 Å². The van der Waals surface area contributed by atoms with Gasteiger partial charge in [0.1, 0.15) is 0 Å². The fraction of sp³-hybridized carbons (Fsp3) is 0.0455. The molecule has 4 rings (SSSR count). The Hall–Kier alpha value is -4.13. The zero-order chi connectivity index (χ0) is 20.1. The molecule has 0 atom stereocenters. The minimum absolute atomic E-state index is 0.157. The van der Waals surface area contributed by atoms with Crippen LogP contribution in [0.25, 0.3) is 5.57 Å². The zero-order valence-corrected chi connectivity index (χ0v) is 15.8. The van der Waals surface area contributed by atoms with Gasteiger partial charge in [0.15, 0.2) is 0 Å². The number of nitrogens with zero attached hydrogens (tertiary/aromatic N) is 2. The summed E-state index contributed by atoms with van der Waals surface area (Å²) < 4.78 is 0. The van der Waals surface area contributed by atoms with Crippen molar-refractivity contribution >= 4 is 28.8 Å². The van der Waals surface area contributed by atoms with Gasteiger partial charge in [0.2, 0.25) is 5.95 Å². The Morgan fingerprint density at radius 3 is 2.69 bits per heavy atom. The molecule has 0 saturated carbocycles. The molecule has 1 amide bonds. The first-order valence-corrected chi connectivity index (χ1v) is 9.14. The number of aromatic nitrogens is 2. The van der Waals surface area contributed by atoms with E-state index in [1.54, 1.807) is 24.5 Å². The zero-order valence-electron chi connectivity index (χ0n) is 15.8. The maximum absolute atomic E-state index is 12.4. The van der Waals surface area contributed by atoms with Crippen LogP contribution in [-0.2, 0) is 0 Å². The van der Waals surface area contributed by atoms with Crippen LogP contribution in [0, 0.1) is 6.92 Å². The molecule has 7 nitrogen and oxygen atoms in total. The first-order valence-electron chi connectivity index (χ1n) is 9.14. The second kappa shape index (κ2) is 8.26. The van der Waals surface area contributed by atoms with E-state index in [4.69, 9.17) is 0 Å². The number of nitrogens with one attached hydrogen (secondary N) is 4. The Kier molecular flexibility index (Phi) is 5.20. The molecule has 0 spiro atoms. The molecule has 0 aliphatic carbocycles. The third kappa shape index (κ3) is 4.41. The van der Waals surface area contributed by atoms with Crippen molar-refractivity contribution in [2.75, 3.05) is 10.6 Å². The van der Waals surface area contributed by atoms with Crippen LogP contribution >= 0.6 is 0 Å². The molecular formula is C22H20N6O. The average Bonchev–Trinajstić information content (AvgIpc) is 2.77. The van der Waals surface area contributed by atoms with Crippen LogP contribution in [0.4, 0.5) is 17.3 Å². The summed E-state index contributed by atoms with van der Waals surface area (Å²) in [7, 11) is 0. The number of carbonyl (C=O) groups is 1. The fourth-order valence-corrected chi connectivity index (χ4v) is 2.83. The topological polar surface area (TPSA) is 91.0 Å². The summed E-state index contributed by atoms with van der Waals surface area (Å²) in [5.41, 5.74) is 10.7. The minimum Gasteiger partial charge on any atom is -0.324 e. The van der Waals surface area contributed by atoms with Crippen LogP contribution in [0.3, 0.4) is 0 Å². The van der Waals surface area contributed by atoms with E-state index >= 15 is 0 Å². The third-order valence-electron chi connectivity index (χ3n) is 4.39. The van der Waals surface area contributed by atoms with E-state index in [2.05, 4.69) is 31.5 Å². The molecule has 0 fully saturated rings. The Balaban J connectivity index is 1.53. The lowest BCUT2D eigenvalue weighted by Crippen LogP contribution is -2.23. The number of hydrogen-bond acceptors (Lipinski definition) is 6. The highest BCUT2D eigenvalue weighted by Gasteiger charge is 2.09. The van der Waals surface area contributed by atoms with Gasteiger partial charge in [-0.25, -0.2) is 9.97 Å². The summed E-state index contributed by atoms with van der Waals surface area (Å²) in [4.78, 5) is 21.3. The molecule has 0 radical (unpaired) electrons. The molecule has 0 bridgehead atoms. The van der Waals surface area contributed by atoms with Crippen LogP contribution < -0.4 is 21.5 Å². The Bertz CT molecular complexity index is 1090. The first kappa shape index (κ1) is 18.2. The van der Waals surface area contributed by atoms with Crippen molar-refractivity contribution in [2.45, 2.75) is 6.92 Å². The number of rotatable bonds is 5. The largest absolute Gasteiger partial charge is 0.324 e. The van der Waals surface area contributed by atoms with E-state index in [9.17, 15) is 4.79 Å². The SMILES string of the molecule is Cc1ccc(NC(=O)c2ccccc2)cc1Nc1nccc(C2=CNNC=C2)n1. The Morgan fingerprint density at radius 1 is 1.03 bits per heavy atom. The predicted octanol–water partition coefficient (Wildman–Crippen LogP) is 3.74. The van der Waals surface area contributed by atoms with Gasteiger partial charge in [-0.2, -0.15) is 0 Å². The van der Waals surface area contributed by atoms with Crippen LogP contribution in [0.2, 0.25) is 0 Å². The molecule has 2 heterocycles. The highest BCUT2D eigenvalue weighted by molar-refractivity contribution is 6.04. The maximum Gasteiger partial charge on any atom is 0.255 e. The fourth-order valence-electron chi connectivity index (χ4n) is 2.83. The molecule has 144 valence electrons. The molecule has 0 saturated heterocycles. The average molecular weight is 384 g/mol. The van der Waals surface area contributed by atoms with Gasteiger partial charge < -0.3 is 21.5 Å². The molecule has 3 aromatic rings. The third-order valence-corrected chi connectivity index (χ3v) is 4.39. The summed E-state index contributed by atoms with van der Waals surface area (Å²) in [6.07, 6.45) is 7.26. The molecule has 1 aliphatic rings. The summed E-state index contributed by atoms with van der Waals surface area (Å²) in [6.45, 7) is 1.98. The summed E-state index contributed by atoms with van der Waals surface area (Å²) in [5.74, 6) is 0.320. The first-order chi connectivity index (χ1) is 14.2. The molecular weight excluding hydrogens is 364 g/mol. The van der Waals surface area contributed by atoms with Crippen molar-refractivity contribution in [3.05, 3.63) is 96.1 Å². The molecule has 1 aliphatic heterocycles. The number of hydrogen-bond donors (Lipinski definition) is 4. The van der Waals surface area contributed by atoms with Crippen molar-refractivity contribution < 1.29 is 4.79 Å². The lowest BCUT2D eigenvalue weighted by Gasteiger charge is -2.13. The highest BCUT2D eigenvalue weighted by atomic mass is 16.1. The molecule has 1 aromatic heterocycles. The highest BCUT2D eigenvalue weighted by Crippen LogP contribution is 2.24. The number of allylic oxidation sites excluding steroid dienone is 2. The van der Waals surface area contributed by atoms with E-state index in [1.165, 1.54) is 0 Å². The van der Waals surface area contributed by atoms with Crippen molar-refractivity contribution in [1.82, 2.24) is 20.8 Å². The number of carbonyl (C=O) groups excluding carboxylic acids is 1. The smallest absolute Gasteiger partial charge is 0.255 e. The lowest BCUT2D eigenvalue weighted by molar-refractivity contribution is 0.102. The second-order valence-electron chi connectivity index (χ2n) is 6.46. The van der Waals surface area contributed by atoms with E-state index in [0.717, 1.165) is 22.5 Å². The summed E-state index contributed by atoms with van der Waals surface area (Å²) in [5, 5.41) is 6.17. The number of hydrazine groups is 1. The standard InChI is InChI=1S/C22H20N6O/c1-15-7-8-18(26-21(29)16-5-3-2-4-6-16)13-20(15)28-22-23-11-10-19(27-22)17-9-12-24-25-14-17/h2-14,24-25H,1H3,(H,26,29)(H,23,27,28). The Morgan fingerprint density at radius 2 is 1.90 bits per heavy atom. The van der Waals surface area contributed by atoms with Gasteiger partial charge in [-0.15, -0.1) is 0 Å².